The van der Waals surface area contributed by atoms with Gasteiger partial charge in [-0.05, 0) is 30.3 Å². The van der Waals surface area contributed by atoms with E-state index in [-0.39, 0.29) is 24.5 Å². The lowest BCUT2D eigenvalue weighted by Gasteiger charge is -2.20. The normalized spacial score (nSPS) is 13.9. The number of benzene rings is 2. The molecule has 2 aromatic carbocycles. The molecule has 1 aliphatic rings. The van der Waals surface area contributed by atoms with Gasteiger partial charge in [-0.25, -0.2) is 9.69 Å². The second-order valence-corrected chi connectivity index (χ2v) is 7.15. The number of methoxy groups -OCH3 is 1. The molecule has 0 radical (unpaired) electrons. The first-order chi connectivity index (χ1) is 16.2. The van der Waals surface area contributed by atoms with Gasteiger partial charge in [0.2, 0.25) is 0 Å². The summed E-state index contributed by atoms with van der Waals surface area (Å²) in [6, 6.07) is 13.1. The van der Waals surface area contributed by atoms with Crippen molar-refractivity contribution in [2.24, 2.45) is 0 Å². The van der Waals surface area contributed by atoms with Crippen molar-refractivity contribution in [3.8, 4) is 23.0 Å². The molecule has 8 nitrogen and oxygen atoms in total. The first kappa shape index (κ1) is 22.9. The van der Waals surface area contributed by atoms with Crippen LogP contribution in [0.25, 0.3) is 0 Å². The van der Waals surface area contributed by atoms with Crippen LogP contribution in [0.1, 0.15) is 5.56 Å². The molecule has 176 valence electrons. The molecule has 1 saturated heterocycles. The summed E-state index contributed by atoms with van der Waals surface area (Å²) in [5, 5.41) is 0. The van der Waals surface area contributed by atoms with Crippen LogP contribution in [0.15, 0.2) is 67.0 Å². The number of amides is 3. The van der Waals surface area contributed by atoms with E-state index in [0.29, 0.717) is 17.1 Å². The number of alkyl halides is 3. The first-order valence-electron chi connectivity index (χ1n) is 9.96. The topological polar surface area (TPSA) is 81.2 Å². The largest absolute Gasteiger partial charge is 0.573 e. The van der Waals surface area contributed by atoms with Crippen LogP contribution in [0, 0.1) is 0 Å². The Kier molecular flexibility index (Phi) is 6.26. The van der Waals surface area contributed by atoms with Gasteiger partial charge in [0.05, 0.1) is 25.5 Å². The average Bonchev–Trinajstić information content (AvgIpc) is 3.07. The fraction of sp³-hybridized carbons (Fsp3) is 0.174. The third-order valence-electron chi connectivity index (χ3n) is 4.87. The Morgan fingerprint density at radius 3 is 2.47 bits per heavy atom. The number of halogens is 3. The van der Waals surface area contributed by atoms with Crippen LogP contribution < -0.4 is 19.1 Å². The highest BCUT2D eigenvalue weighted by molar-refractivity contribution is 6.20. The minimum atomic E-state index is -4.90. The van der Waals surface area contributed by atoms with Crippen LogP contribution in [0.4, 0.5) is 23.7 Å². The van der Waals surface area contributed by atoms with E-state index >= 15 is 0 Å². The van der Waals surface area contributed by atoms with Gasteiger partial charge in [-0.3, -0.25) is 9.78 Å². The fourth-order valence-corrected chi connectivity index (χ4v) is 3.40. The van der Waals surface area contributed by atoms with Crippen LogP contribution in [0.2, 0.25) is 0 Å². The molecule has 11 heteroatoms. The van der Waals surface area contributed by atoms with Crippen molar-refractivity contribution in [3.05, 3.63) is 72.6 Å². The minimum absolute atomic E-state index is 0.00464. The molecule has 4 rings (SSSR count). The molecule has 0 bridgehead atoms. The van der Waals surface area contributed by atoms with Crippen LogP contribution in [0.5, 0.6) is 23.0 Å². The quantitative estimate of drug-likeness (QED) is 0.461. The molecule has 3 aromatic rings. The van der Waals surface area contributed by atoms with Gasteiger partial charge in [-0.15, -0.1) is 13.2 Å². The summed E-state index contributed by atoms with van der Waals surface area (Å²) in [7, 11) is 1.21. The molecule has 1 aromatic heterocycles. The fourth-order valence-electron chi connectivity index (χ4n) is 3.40. The Hall–Kier alpha value is -4.28. The van der Waals surface area contributed by atoms with Gasteiger partial charge in [0.15, 0.2) is 5.75 Å². The number of hydrogen-bond donors (Lipinski definition) is 0. The van der Waals surface area contributed by atoms with Crippen LogP contribution in [0.3, 0.4) is 0 Å². The molecule has 34 heavy (non-hydrogen) atoms. The maximum atomic E-state index is 13.1. The van der Waals surface area contributed by atoms with Crippen molar-refractivity contribution in [2.45, 2.75) is 12.9 Å². The molecule has 1 aliphatic heterocycles. The summed E-state index contributed by atoms with van der Waals surface area (Å²) in [5.41, 5.74) is 0.618. The Bertz CT molecular complexity index is 1200. The zero-order valence-electron chi connectivity index (χ0n) is 17.8. The maximum Gasteiger partial charge on any atom is 0.573 e. The molecule has 1 fully saturated rings. The van der Waals surface area contributed by atoms with Gasteiger partial charge < -0.3 is 19.1 Å². The minimum Gasteiger partial charge on any atom is -0.494 e. The highest BCUT2D eigenvalue weighted by Gasteiger charge is 2.39. The molecule has 0 unspecified atom stereocenters. The monoisotopic (exact) mass is 473 g/mol. The molecular weight excluding hydrogens is 455 g/mol. The Morgan fingerprint density at radius 2 is 1.76 bits per heavy atom. The number of aromatic nitrogens is 1. The van der Waals surface area contributed by atoms with Gasteiger partial charge >= 0.3 is 12.4 Å². The molecule has 0 N–H and O–H groups in total. The summed E-state index contributed by atoms with van der Waals surface area (Å²) in [5.74, 6) is -0.232. The maximum absolute atomic E-state index is 13.1. The first-order valence-corrected chi connectivity index (χ1v) is 9.96. The third-order valence-corrected chi connectivity index (χ3v) is 4.87. The van der Waals surface area contributed by atoms with Crippen LogP contribution in [-0.2, 0) is 11.3 Å². The summed E-state index contributed by atoms with van der Waals surface area (Å²) in [6.07, 6.45) is -1.85. The number of pyridine rings is 1. The molecule has 0 spiro atoms. The number of rotatable bonds is 7. The average molecular weight is 473 g/mol. The van der Waals surface area contributed by atoms with Gasteiger partial charge in [0.25, 0.3) is 5.91 Å². The van der Waals surface area contributed by atoms with Crippen molar-refractivity contribution >= 4 is 17.6 Å². The number of imide groups is 1. The number of urea groups is 1. The molecule has 0 saturated carbocycles. The Balaban J connectivity index is 1.55. The highest BCUT2D eigenvalue weighted by Crippen LogP contribution is 2.37. The van der Waals surface area contributed by atoms with E-state index in [0.717, 1.165) is 23.1 Å². The van der Waals surface area contributed by atoms with Crippen molar-refractivity contribution in [2.75, 3.05) is 18.6 Å². The van der Waals surface area contributed by atoms with Gasteiger partial charge in [-0.1, -0.05) is 18.2 Å². The van der Waals surface area contributed by atoms with Gasteiger partial charge in [0, 0.05) is 17.8 Å². The SMILES string of the molecule is COc1cc(OC(F)(F)F)ccc1N1C(=O)CN(Cc2ccncc2Oc2ccccc2)C1=O. The van der Waals surface area contributed by atoms with E-state index in [9.17, 15) is 22.8 Å². The molecular formula is C23H18F3N3O5. The lowest BCUT2D eigenvalue weighted by molar-refractivity contribution is -0.274. The van der Waals surface area contributed by atoms with Crippen molar-refractivity contribution in [1.29, 1.82) is 0 Å². The number of hydrogen-bond acceptors (Lipinski definition) is 6. The highest BCUT2D eigenvalue weighted by atomic mass is 19.4. The number of carbonyl (C=O) groups excluding carboxylic acids is 2. The second kappa shape index (κ2) is 9.30. The molecule has 0 atom stereocenters. The predicted octanol–water partition coefficient (Wildman–Crippen LogP) is 4.75. The Morgan fingerprint density at radius 1 is 1.00 bits per heavy atom. The molecule has 3 amide bonds. The van der Waals surface area contributed by atoms with E-state index in [1.807, 2.05) is 18.2 Å². The number of nitrogens with zero attached hydrogens (tertiary/aromatic N) is 3. The molecule has 0 aliphatic carbocycles. The van der Waals surface area contributed by atoms with E-state index < -0.39 is 24.1 Å². The Labute approximate surface area is 192 Å². The van der Waals surface area contributed by atoms with Crippen molar-refractivity contribution < 1.29 is 37.0 Å². The number of carbonyl (C=O) groups is 2. The second-order valence-electron chi connectivity index (χ2n) is 7.15. The summed E-state index contributed by atoms with van der Waals surface area (Å²) in [6.45, 7) is -0.195. The third kappa shape index (κ3) is 5.03. The lowest BCUT2D eigenvalue weighted by atomic mass is 10.2. The smallest absolute Gasteiger partial charge is 0.494 e. The zero-order valence-corrected chi connectivity index (χ0v) is 17.8. The van der Waals surface area contributed by atoms with Gasteiger partial charge in [0.1, 0.15) is 23.8 Å². The van der Waals surface area contributed by atoms with Crippen LogP contribution in [-0.4, -0.2) is 41.8 Å². The van der Waals surface area contributed by atoms with E-state index in [4.69, 9.17) is 9.47 Å². The van der Waals surface area contributed by atoms with Crippen LogP contribution >= 0.6 is 0 Å². The van der Waals surface area contributed by atoms with Crippen molar-refractivity contribution in [1.82, 2.24) is 9.88 Å². The number of anilines is 1. The number of ether oxygens (including phenoxy) is 3. The van der Waals surface area contributed by atoms with E-state index in [2.05, 4.69) is 9.72 Å². The predicted molar refractivity (Wildman–Crippen MR) is 114 cm³/mol. The number of para-hydroxylation sites is 1. The lowest BCUT2D eigenvalue weighted by Crippen LogP contribution is -2.33. The summed E-state index contributed by atoms with van der Waals surface area (Å²) >= 11 is 0. The standard InChI is InChI=1S/C23H18F3N3O5/c1-32-19-11-17(34-23(24,25)26)7-8-18(19)29-21(30)14-28(22(29)31)13-15-9-10-27-12-20(15)33-16-5-3-2-4-6-16/h2-12H,13-14H2,1H3. The summed E-state index contributed by atoms with van der Waals surface area (Å²) < 4.78 is 52.4. The van der Waals surface area contributed by atoms with E-state index in [1.165, 1.54) is 24.4 Å². The van der Waals surface area contributed by atoms with Gasteiger partial charge in [-0.2, -0.15) is 0 Å². The van der Waals surface area contributed by atoms with Crippen molar-refractivity contribution in [3.63, 3.8) is 0 Å². The molecule has 2 heterocycles. The summed E-state index contributed by atoms with van der Waals surface area (Å²) in [4.78, 5) is 32.0. The zero-order chi connectivity index (χ0) is 24.3. The van der Waals surface area contributed by atoms with E-state index in [1.54, 1.807) is 18.2 Å².